The number of ether oxygens (including phenoxy) is 1. The van der Waals surface area contributed by atoms with Crippen molar-refractivity contribution in [2.45, 2.75) is 12.8 Å². The summed E-state index contributed by atoms with van der Waals surface area (Å²) in [6, 6.07) is 15.8. The number of amides is 1. The number of aromatic nitrogens is 1. The summed E-state index contributed by atoms with van der Waals surface area (Å²) in [5.41, 5.74) is 3.36. The minimum atomic E-state index is 0.00833. The van der Waals surface area contributed by atoms with Gasteiger partial charge in [0.25, 0.3) is 5.91 Å². The van der Waals surface area contributed by atoms with Crippen LogP contribution in [0.4, 0.5) is 0 Å². The Kier molecular flexibility index (Phi) is 6.22. The molecule has 1 aliphatic heterocycles. The molecule has 0 radical (unpaired) electrons. The highest BCUT2D eigenvalue weighted by molar-refractivity contribution is 5.97. The maximum atomic E-state index is 12.8. The van der Waals surface area contributed by atoms with Crippen molar-refractivity contribution < 1.29 is 13.9 Å². The van der Waals surface area contributed by atoms with Crippen molar-refractivity contribution in [3.63, 3.8) is 0 Å². The van der Waals surface area contributed by atoms with Crippen LogP contribution in [0.5, 0.6) is 0 Å². The number of fused-ring (bicyclic) bond motifs is 1. The topological polar surface area (TPSA) is 58.8 Å². The average molecular weight is 393 g/mol. The Labute approximate surface area is 171 Å². The van der Waals surface area contributed by atoms with Crippen LogP contribution in [0, 0.1) is 0 Å². The highest BCUT2D eigenvalue weighted by Gasteiger charge is 2.16. The quantitative estimate of drug-likeness (QED) is 0.618. The molecule has 1 aromatic heterocycles. The van der Waals surface area contributed by atoms with Gasteiger partial charge in [0.2, 0.25) is 0 Å². The predicted molar refractivity (Wildman–Crippen MR) is 112 cm³/mol. The van der Waals surface area contributed by atoms with Gasteiger partial charge in [-0.3, -0.25) is 9.69 Å². The number of rotatable bonds is 7. The van der Waals surface area contributed by atoms with Gasteiger partial charge in [0.1, 0.15) is 5.52 Å². The Morgan fingerprint density at radius 2 is 1.90 bits per heavy atom. The molecule has 1 fully saturated rings. The molecular weight excluding hydrogens is 366 g/mol. The van der Waals surface area contributed by atoms with Gasteiger partial charge in [-0.05, 0) is 30.2 Å². The second-order valence-electron chi connectivity index (χ2n) is 7.46. The first-order chi connectivity index (χ1) is 14.2. The minimum Gasteiger partial charge on any atom is -0.441 e. The lowest BCUT2D eigenvalue weighted by atomic mass is 10.1. The first-order valence-corrected chi connectivity index (χ1v) is 10.2. The van der Waals surface area contributed by atoms with E-state index in [2.05, 4.69) is 22.0 Å². The fraction of sp³-hybridized carbons (Fsp3) is 0.391. The lowest BCUT2D eigenvalue weighted by molar-refractivity contribution is 0.0338. The summed E-state index contributed by atoms with van der Waals surface area (Å²) >= 11 is 0. The number of likely N-dealkylation sites (N-methyl/N-ethyl adjacent to an activating group) is 1. The molecule has 1 aliphatic rings. The van der Waals surface area contributed by atoms with Crippen molar-refractivity contribution in [1.29, 1.82) is 0 Å². The van der Waals surface area contributed by atoms with E-state index in [1.54, 1.807) is 4.90 Å². The molecule has 152 valence electrons. The Bertz CT molecular complexity index is 948. The lowest BCUT2D eigenvalue weighted by Crippen LogP contribution is -2.41. The summed E-state index contributed by atoms with van der Waals surface area (Å²) in [6.07, 6.45) is 1.62. The van der Waals surface area contributed by atoms with E-state index < -0.39 is 0 Å². The van der Waals surface area contributed by atoms with Gasteiger partial charge < -0.3 is 14.1 Å². The van der Waals surface area contributed by atoms with E-state index >= 15 is 0 Å². The molecule has 2 aromatic carbocycles. The fourth-order valence-corrected chi connectivity index (χ4v) is 3.55. The van der Waals surface area contributed by atoms with Crippen LogP contribution >= 0.6 is 0 Å². The van der Waals surface area contributed by atoms with Crippen LogP contribution in [0.3, 0.4) is 0 Å². The number of morpholine rings is 1. The number of oxazole rings is 1. The molecule has 2 heterocycles. The van der Waals surface area contributed by atoms with E-state index in [1.165, 1.54) is 5.56 Å². The van der Waals surface area contributed by atoms with Crippen molar-refractivity contribution in [3.8, 4) is 0 Å². The van der Waals surface area contributed by atoms with E-state index in [9.17, 15) is 4.79 Å². The van der Waals surface area contributed by atoms with Crippen molar-refractivity contribution in [1.82, 2.24) is 14.8 Å². The molecule has 6 heteroatoms. The fourth-order valence-electron chi connectivity index (χ4n) is 3.55. The third-order valence-electron chi connectivity index (χ3n) is 5.35. The molecule has 0 N–H and O–H groups in total. The molecule has 29 heavy (non-hydrogen) atoms. The number of carbonyl (C=O) groups is 1. The summed E-state index contributed by atoms with van der Waals surface area (Å²) in [7, 11) is 1.85. The number of benzene rings is 2. The van der Waals surface area contributed by atoms with Crippen LogP contribution in [0.15, 0.2) is 52.9 Å². The van der Waals surface area contributed by atoms with Crippen LogP contribution in [0.25, 0.3) is 11.1 Å². The van der Waals surface area contributed by atoms with Gasteiger partial charge >= 0.3 is 0 Å². The van der Waals surface area contributed by atoms with E-state index in [1.807, 2.05) is 43.4 Å². The second kappa shape index (κ2) is 9.20. The van der Waals surface area contributed by atoms with Crippen molar-refractivity contribution >= 4 is 17.0 Å². The molecule has 0 unspecified atom stereocenters. The molecule has 6 nitrogen and oxygen atoms in total. The second-order valence-corrected chi connectivity index (χ2v) is 7.46. The third-order valence-corrected chi connectivity index (χ3v) is 5.35. The van der Waals surface area contributed by atoms with Crippen LogP contribution in [0.2, 0.25) is 0 Å². The average Bonchev–Trinajstić information content (AvgIpc) is 3.19. The number of carbonyl (C=O) groups excluding carboxylic acids is 1. The maximum absolute atomic E-state index is 12.8. The molecule has 0 spiro atoms. The molecule has 0 aliphatic carbocycles. The number of hydrogen-bond donors (Lipinski definition) is 0. The van der Waals surface area contributed by atoms with E-state index in [4.69, 9.17) is 9.15 Å². The standard InChI is InChI=1S/C23H27N3O3/c1-25(11-12-26-13-15-28-16-14-26)23(27)19-8-9-21-20(17-19)24-22(29-21)10-7-18-5-3-2-4-6-18/h2-6,8-9,17H,7,10-16H2,1H3. The first kappa shape index (κ1) is 19.6. The van der Waals surface area contributed by atoms with Gasteiger partial charge in [-0.2, -0.15) is 0 Å². The highest BCUT2D eigenvalue weighted by Crippen LogP contribution is 2.19. The molecule has 0 bridgehead atoms. The molecule has 0 atom stereocenters. The van der Waals surface area contributed by atoms with Gasteiger partial charge in [0.05, 0.1) is 13.2 Å². The highest BCUT2D eigenvalue weighted by atomic mass is 16.5. The monoisotopic (exact) mass is 393 g/mol. The van der Waals surface area contributed by atoms with Gasteiger partial charge in [0, 0.05) is 45.2 Å². The van der Waals surface area contributed by atoms with Crippen molar-refractivity contribution in [2.75, 3.05) is 46.4 Å². The van der Waals surface area contributed by atoms with Crippen LogP contribution in [-0.4, -0.2) is 67.1 Å². The van der Waals surface area contributed by atoms with E-state index in [-0.39, 0.29) is 5.91 Å². The summed E-state index contributed by atoms with van der Waals surface area (Å²) in [5, 5.41) is 0. The third kappa shape index (κ3) is 5.02. The van der Waals surface area contributed by atoms with Gasteiger partial charge in [0.15, 0.2) is 11.5 Å². The predicted octanol–water partition coefficient (Wildman–Crippen LogP) is 3.02. The van der Waals surface area contributed by atoms with E-state index in [0.29, 0.717) is 18.0 Å². The maximum Gasteiger partial charge on any atom is 0.253 e. The Balaban J connectivity index is 1.37. The largest absolute Gasteiger partial charge is 0.441 e. The summed E-state index contributed by atoms with van der Waals surface area (Å²) in [4.78, 5) is 21.5. The molecule has 0 saturated carbocycles. The summed E-state index contributed by atoms with van der Waals surface area (Å²) in [6.45, 7) is 4.96. The first-order valence-electron chi connectivity index (χ1n) is 10.2. The molecule has 1 saturated heterocycles. The van der Waals surface area contributed by atoms with Crippen molar-refractivity contribution in [3.05, 3.63) is 65.5 Å². The lowest BCUT2D eigenvalue weighted by Gasteiger charge is -2.28. The Hall–Kier alpha value is -2.70. The zero-order valence-corrected chi connectivity index (χ0v) is 16.8. The normalized spacial score (nSPS) is 14.9. The zero-order valence-electron chi connectivity index (χ0n) is 16.8. The smallest absolute Gasteiger partial charge is 0.253 e. The van der Waals surface area contributed by atoms with Crippen LogP contribution in [-0.2, 0) is 17.6 Å². The Morgan fingerprint density at radius 3 is 2.69 bits per heavy atom. The van der Waals surface area contributed by atoms with Gasteiger partial charge in [-0.25, -0.2) is 4.98 Å². The van der Waals surface area contributed by atoms with Gasteiger partial charge in [-0.1, -0.05) is 30.3 Å². The SMILES string of the molecule is CN(CCN1CCOCC1)C(=O)c1ccc2oc(CCc3ccccc3)nc2c1. The van der Waals surface area contributed by atoms with Crippen LogP contribution in [0.1, 0.15) is 21.8 Å². The van der Waals surface area contributed by atoms with Crippen molar-refractivity contribution in [2.24, 2.45) is 0 Å². The molecular formula is C23H27N3O3. The molecule has 3 aromatic rings. The molecule has 4 rings (SSSR count). The Morgan fingerprint density at radius 1 is 1.10 bits per heavy atom. The molecule has 1 amide bonds. The number of hydrogen-bond acceptors (Lipinski definition) is 5. The van der Waals surface area contributed by atoms with E-state index in [0.717, 1.165) is 56.8 Å². The zero-order chi connectivity index (χ0) is 20.1. The summed E-state index contributed by atoms with van der Waals surface area (Å²) < 4.78 is 11.2. The number of nitrogens with zero attached hydrogens (tertiary/aromatic N) is 3. The van der Waals surface area contributed by atoms with Gasteiger partial charge in [-0.15, -0.1) is 0 Å². The van der Waals surface area contributed by atoms with Crippen LogP contribution < -0.4 is 0 Å². The summed E-state index contributed by atoms with van der Waals surface area (Å²) in [5.74, 6) is 0.711. The minimum absolute atomic E-state index is 0.00833. The number of aryl methyl sites for hydroxylation is 2.